The van der Waals surface area contributed by atoms with E-state index in [-0.39, 0.29) is 18.4 Å². The van der Waals surface area contributed by atoms with E-state index in [9.17, 15) is 4.79 Å². The van der Waals surface area contributed by atoms with Crippen molar-refractivity contribution < 1.29 is 4.79 Å². The van der Waals surface area contributed by atoms with Crippen LogP contribution in [0.15, 0.2) is 54.6 Å². The standard InChI is InChI=1S/C20H23N5O/c1-3-16-9-11-18(12-10-16)20-22-24-25(23-20)14-19(26)21-13-15(2)17-7-5-4-6-8-17/h4-12,15H,3,13-14H2,1-2H3,(H,21,26)/t15-/m1/s1. The molecular weight excluding hydrogens is 326 g/mol. The zero-order valence-corrected chi connectivity index (χ0v) is 15.1. The van der Waals surface area contributed by atoms with Crippen molar-refractivity contribution in [2.24, 2.45) is 0 Å². The van der Waals surface area contributed by atoms with E-state index in [2.05, 4.69) is 46.7 Å². The number of carbonyl (C=O) groups is 1. The fourth-order valence-electron chi connectivity index (χ4n) is 2.67. The molecule has 0 radical (unpaired) electrons. The lowest BCUT2D eigenvalue weighted by molar-refractivity contribution is -0.122. The van der Waals surface area contributed by atoms with Gasteiger partial charge in [-0.3, -0.25) is 4.79 Å². The Kier molecular flexibility index (Phi) is 5.73. The second-order valence-corrected chi connectivity index (χ2v) is 6.31. The molecule has 1 heterocycles. The van der Waals surface area contributed by atoms with Crippen molar-refractivity contribution in [1.82, 2.24) is 25.5 Å². The quantitative estimate of drug-likeness (QED) is 0.712. The van der Waals surface area contributed by atoms with E-state index in [0.29, 0.717) is 12.4 Å². The highest BCUT2D eigenvalue weighted by Crippen LogP contribution is 2.15. The number of carbonyl (C=O) groups excluding carboxylic acids is 1. The monoisotopic (exact) mass is 349 g/mol. The van der Waals surface area contributed by atoms with Crippen molar-refractivity contribution in [1.29, 1.82) is 0 Å². The van der Waals surface area contributed by atoms with E-state index in [1.807, 2.05) is 42.5 Å². The van der Waals surface area contributed by atoms with Gasteiger partial charge in [0.15, 0.2) is 0 Å². The molecule has 2 aromatic carbocycles. The van der Waals surface area contributed by atoms with Gasteiger partial charge in [0.2, 0.25) is 11.7 Å². The third kappa shape index (κ3) is 4.53. The minimum atomic E-state index is -0.127. The van der Waals surface area contributed by atoms with E-state index >= 15 is 0 Å². The number of rotatable bonds is 7. The van der Waals surface area contributed by atoms with Crippen molar-refractivity contribution in [3.05, 3.63) is 65.7 Å². The summed E-state index contributed by atoms with van der Waals surface area (Å²) in [5, 5.41) is 15.2. The number of tetrazole rings is 1. The van der Waals surface area contributed by atoms with E-state index in [0.717, 1.165) is 12.0 Å². The molecule has 6 nitrogen and oxygen atoms in total. The summed E-state index contributed by atoms with van der Waals surface area (Å²) in [6.45, 7) is 4.83. The highest BCUT2D eigenvalue weighted by molar-refractivity contribution is 5.75. The Morgan fingerprint density at radius 1 is 1.12 bits per heavy atom. The molecule has 0 aliphatic rings. The van der Waals surface area contributed by atoms with Gasteiger partial charge in [0, 0.05) is 12.1 Å². The molecule has 3 aromatic rings. The molecule has 3 rings (SSSR count). The summed E-state index contributed by atoms with van der Waals surface area (Å²) in [5.41, 5.74) is 3.35. The first-order valence-corrected chi connectivity index (χ1v) is 8.84. The average molecular weight is 349 g/mol. The first kappa shape index (κ1) is 17.8. The van der Waals surface area contributed by atoms with Gasteiger partial charge in [0.25, 0.3) is 0 Å². The molecule has 1 amide bonds. The number of benzene rings is 2. The van der Waals surface area contributed by atoms with Crippen LogP contribution in [0.25, 0.3) is 11.4 Å². The Morgan fingerprint density at radius 3 is 2.54 bits per heavy atom. The van der Waals surface area contributed by atoms with Crippen molar-refractivity contribution in [3.63, 3.8) is 0 Å². The van der Waals surface area contributed by atoms with Crippen LogP contribution in [0.2, 0.25) is 0 Å². The molecule has 1 N–H and O–H groups in total. The number of hydrogen-bond donors (Lipinski definition) is 1. The molecule has 1 atom stereocenters. The normalized spacial score (nSPS) is 11.9. The van der Waals surface area contributed by atoms with E-state index in [1.165, 1.54) is 15.9 Å². The first-order chi connectivity index (χ1) is 12.7. The number of nitrogens with one attached hydrogen (secondary N) is 1. The number of amides is 1. The molecule has 1 aromatic heterocycles. The van der Waals surface area contributed by atoms with Gasteiger partial charge in [-0.1, -0.05) is 68.4 Å². The maximum atomic E-state index is 12.1. The number of hydrogen-bond acceptors (Lipinski definition) is 4. The van der Waals surface area contributed by atoms with Crippen molar-refractivity contribution >= 4 is 5.91 Å². The van der Waals surface area contributed by atoms with Crippen molar-refractivity contribution in [2.45, 2.75) is 32.7 Å². The van der Waals surface area contributed by atoms with Crippen molar-refractivity contribution in [3.8, 4) is 11.4 Å². The summed E-state index contributed by atoms with van der Waals surface area (Å²) in [7, 11) is 0. The minimum absolute atomic E-state index is 0.0571. The fourth-order valence-corrected chi connectivity index (χ4v) is 2.67. The van der Waals surface area contributed by atoms with Gasteiger partial charge in [0.1, 0.15) is 6.54 Å². The lowest BCUT2D eigenvalue weighted by Gasteiger charge is -2.12. The second-order valence-electron chi connectivity index (χ2n) is 6.31. The summed E-state index contributed by atoms with van der Waals surface area (Å²) in [4.78, 5) is 13.5. The van der Waals surface area contributed by atoms with Gasteiger partial charge in [-0.05, 0) is 28.7 Å². The summed E-state index contributed by atoms with van der Waals surface area (Å²) in [6, 6.07) is 18.2. The molecule has 26 heavy (non-hydrogen) atoms. The summed E-state index contributed by atoms with van der Waals surface area (Å²) >= 11 is 0. The number of aromatic nitrogens is 4. The van der Waals surface area contributed by atoms with Gasteiger partial charge in [-0.2, -0.15) is 4.80 Å². The minimum Gasteiger partial charge on any atom is -0.354 e. The third-order valence-corrected chi connectivity index (χ3v) is 4.33. The Hall–Kier alpha value is -3.02. The van der Waals surface area contributed by atoms with Gasteiger partial charge in [-0.15, -0.1) is 10.2 Å². The molecule has 0 saturated heterocycles. The summed E-state index contributed by atoms with van der Waals surface area (Å²) in [5.74, 6) is 0.646. The van der Waals surface area contributed by atoms with Crippen LogP contribution in [-0.2, 0) is 17.8 Å². The predicted octanol–water partition coefficient (Wildman–Crippen LogP) is 2.82. The summed E-state index contributed by atoms with van der Waals surface area (Å²) in [6.07, 6.45) is 0.988. The second kappa shape index (κ2) is 8.38. The highest BCUT2D eigenvalue weighted by atomic mass is 16.2. The third-order valence-electron chi connectivity index (χ3n) is 4.33. The van der Waals surface area contributed by atoms with Crippen molar-refractivity contribution in [2.75, 3.05) is 6.54 Å². The van der Waals surface area contributed by atoms with Crippen LogP contribution in [-0.4, -0.2) is 32.7 Å². The van der Waals surface area contributed by atoms with Gasteiger partial charge in [-0.25, -0.2) is 0 Å². The van der Waals surface area contributed by atoms with E-state index < -0.39 is 0 Å². The van der Waals surface area contributed by atoms with Crippen LogP contribution in [0, 0.1) is 0 Å². The molecular formula is C20H23N5O. The van der Waals surface area contributed by atoms with Gasteiger partial charge < -0.3 is 5.32 Å². The molecule has 134 valence electrons. The van der Waals surface area contributed by atoms with Gasteiger partial charge in [0.05, 0.1) is 0 Å². The molecule has 0 saturated carbocycles. The molecule has 0 aliphatic heterocycles. The Bertz CT molecular complexity index is 842. The predicted molar refractivity (Wildman–Crippen MR) is 100 cm³/mol. The average Bonchev–Trinajstić information content (AvgIpc) is 3.15. The highest BCUT2D eigenvalue weighted by Gasteiger charge is 2.11. The zero-order chi connectivity index (χ0) is 18.4. The summed E-state index contributed by atoms with van der Waals surface area (Å²) < 4.78 is 0. The number of nitrogens with zero attached hydrogens (tertiary/aromatic N) is 4. The van der Waals surface area contributed by atoms with Crippen LogP contribution in [0.4, 0.5) is 0 Å². The largest absolute Gasteiger partial charge is 0.354 e. The molecule has 6 heteroatoms. The van der Waals surface area contributed by atoms with Gasteiger partial charge >= 0.3 is 0 Å². The Labute approximate surface area is 153 Å². The number of aryl methyl sites for hydroxylation is 1. The van der Waals surface area contributed by atoms with Crippen LogP contribution in [0.5, 0.6) is 0 Å². The maximum absolute atomic E-state index is 12.1. The molecule has 0 spiro atoms. The first-order valence-electron chi connectivity index (χ1n) is 8.84. The SMILES string of the molecule is CCc1ccc(-c2nnn(CC(=O)NC[C@@H](C)c3ccccc3)n2)cc1. The Balaban J connectivity index is 1.54. The topological polar surface area (TPSA) is 72.7 Å². The van der Waals surface area contributed by atoms with E-state index in [4.69, 9.17) is 0 Å². The van der Waals surface area contributed by atoms with Crippen LogP contribution in [0.3, 0.4) is 0 Å². The lowest BCUT2D eigenvalue weighted by Crippen LogP contribution is -2.31. The smallest absolute Gasteiger partial charge is 0.243 e. The molecule has 0 aliphatic carbocycles. The molecule has 0 fully saturated rings. The van der Waals surface area contributed by atoms with Crippen LogP contribution >= 0.6 is 0 Å². The maximum Gasteiger partial charge on any atom is 0.243 e. The molecule has 0 bridgehead atoms. The zero-order valence-electron chi connectivity index (χ0n) is 15.1. The van der Waals surface area contributed by atoms with E-state index in [1.54, 1.807) is 0 Å². The fraction of sp³-hybridized carbons (Fsp3) is 0.300. The van der Waals surface area contributed by atoms with Crippen LogP contribution in [0.1, 0.15) is 30.9 Å². The molecule has 0 unspecified atom stereocenters. The Morgan fingerprint density at radius 2 is 1.85 bits per heavy atom. The lowest BCUT2D eigenvalue weighted by atomic mass is 10.0. The van der Waals surface area contributed by atoms with Crippen LogP contribution < -0.4 is 5.32 Å².